The molecule has 1 rings (SSSR count). The summed E-state index contributed by atoms with van der Waals surface area (Å²) in [5.74, 6) is -0.00175. The van der Waals surface area contributed by atoms with E-state index in [0.29, 0.717) is 19.6 Å². The van der Waals surface area contributed by atoms with E-state index < -0.39 is 0 Å². The van der Waals surface area contributed by atoms with Gasteiger partial charge in [0, 0.05) is 32.2 Å². The van der Waals surface area contributed by atoms with Crippen LogP contribution in [0.15, 0.2) is 0 Å². The number of hydrogen-bond donors (Lipinski definition) is 3. The first-order chi connectivity index (χ1) is 10.0. The summed E-state index contributed by atoms with van der Waals surface area (Å²) in [6, 6.07) is -0.393. The second-order valence-corrected chi connectivity index (χ2v) is 5.73. The zero-order valence-corrected chi connectivity index (χ0v) is 13.7. The number of rotatable bonds is 7. The van der Waals surface area contributed by atoms with E-state index in [0.717, 1.165) is 19.4 Å². The minimum atomic E-state index is -0.293. The maximum Gasteiger partial charge on any atom is 0.238 e. The topological polar surface area (TPSA) is 73.5 Å². The van der Waals surface area contributed by atoms with Crippen LogP contribution in [0.4, 0.5) is 0 Å². The lowest BCUT2D eigenvalue weighted by atomic mass is 10.1. The number of carbonyl (C=O) groups excluding carboxylic acids is 2. The van der Waals surface area contributed by atoms with Crippen LogP contribution in [-0.2, 0) is 9.59 Å². The van der Waals surface area contributed by atoms with E-state index in [-0.39, 0.29) is 29.9 Å². The fourth-order valence-electron chi connectivity index (χ4n) is 2.74. The number of hydrogen-bond acceptors (Lipinski definition) is 4. The van der Waals surface area contributed by atoms with Crippen LogP contribution in [-0.4, -0.2) is 61.0 Å². The second-order valence-electron chi connectivity index (χ2n) is 5.73. The molecule has 0 bridgehead atoms. The Bertz CT molecular complexity index is 349. The third-order valence-corrected chi connectivity index (χ3v) is 3.93. The molecule has 3 atom stereocenters. The van der Waals surface area contributed by atoms with E-state index in [1.165, 1.54) is 0 Å². The Hall–Kier alpha value is -1.14. The molecule has 2 amide bonds. The van der Waals surface area contributed by atoms with Crippen LogP contribution in [0, 0.1) is 0 Å². The van der Waals surface area contributed by atoms with E-state index in [2.05, 4.69) is 22.9 Å². The summed E-state index contributed by atoms with van der Waals surface area (Å²) in [6.07, 6.45) is 2.02. The normalized spacial score (nSPS) is 22.4. The van der Waals surface area contributed by atoms with E-state index in [1.54, 1.807) is 0 Å². The molecule has 0 spiro atoms. The van der Waals surface area contributed by atoms with Gasteiger partial charge in [0.2, 0.25) is 11.8 Å². The van der Waals surface area contributed by atoms with Crippen LogP contribution in [0.25, 0.3) is 0 Å². The predicted octanol–water partition coefficient (Wildman–Crippen LogP) is 0.0896. The largest absolute Gasteiger partial charge is 0.355 e. The highest BCUT2D eigenvalue weighted by atomic mass is 16.2. The molecule has 0 aromatic heterocycles. The summed E-state index contributed by atoms with van der Waals surface area (Å²) in [7, 11) is 0. The van der Waals surface area contributed by atoms with Crippen molar-refractivity contribution in [1.29, 1.82) is 0 Å². The van der Waals surface area contributed by atoms with Gasteiger partial charge in [0.05, 0.1) is 6.04 Å². The van der Waals surface area contributed by atoms with Crippen molar-refractivity contribution in [2.24, 2.45) is 0 Å². The molecule has 1 aliphatic heterocycles. The molecule has 1 fully saturated rings. The molecule has 0 aromatic carbocycles. The van der Waals surface area contributed by atoms with Crippen LogP contribution in [0.5, 0.6) is 0 Å². The molecule has 6 heteroatoms. The van der Waals surface area contributed by atoms with Gasteiger partial charge in [0.25, 0.3) is 0 Å². The molecule has 3 unspecified atom stereocenters. The molecule has 122 valence electrons. The highest BCUT2D eigenvalue weighted by Crippen LogP contribution is 2.10. The van der Waals surface area contributed by atoms with Gasteiger partial charge in [-0.15, -0.1) is 0 Å². The fourth-order valence-corrected chi connectivity index (χ4v) is 2.74. The van der Waals surface area contributed by atoms with Crippen molar-refractivity contribution in [3.63, 3.8) is 0 Å². The van der Waals surface area contributed by atoms with Crippen LogP contribution in [0.2, 0.25) is 0 Å². The Morgan fingerprint density at radius 1 is 1.33 bits per heavy atom. The SMILES string of the molecule is CCCC(C)NC(=O)C(C)N1CCNCC1C(=O)NCC. The lowest BCUT2D eigenvalue weighted by Crippen LogP contribution is -2.63. The first-order valence-corrected chi connectivity index (χ1v) is 8.05. The molecular weight excluding hydrogens is 268 g/mol. The smallest absolute Gasteiger partial charge is 0.238 e. The molecule has 1 heterocycles. The van der Waals surface area contributed by atoms with Gasteiger partial charge in [-0.25, -0.2) is 0 Å². The molecule has 1 aliphatic rings. The van der Waals surface area contributed by atoms with Crippen LogP contribution in [0.1, 0.15) is 40.5 Å². The maximum atomic E-state index is 12.3. The van der Waals surface area contributed by atoms with Gasteiger partial charge in [-0.2, -0.15) is 0 Å². The number of likely N-dealkylation sites (N-methyl/N-ethyl adjacent to an activating group) is 1. The Labute approximate surface area is 128 Å². The van der Waals surface area contributed by atoms with E-state index in [1.807, 2.05) is 25.7 Å². The summed E-state index contributed by atoms with van der Waals surface area (Å²) in [6.45, 7) is 10.6. The molecule has 0 aromatic rings. The van der Waals surface area contributed by atoms with Gasteiger partial charge in [-0.3, -0.25) is 14.5 Å². The zero-order chi connectivity index (χ0) is 15.8. The summed E-state index contributed by atoms with van der Waals surface area (Å²) in [4.78, 5) is 26.5. The van der Waals surface area contributed by atoms with Crippen LogP contribution < -0.4 is 16.0 Å². The van der Waals surface area contributed by atoms with Crippen LogP contribution in [0.3, 0.4) is 0 Å². The highest BCUT2D eigenvalue weighted by molar-refractivity contribution is 5.85. The van der Waals surface area contributed by atoms with Crippen molar-refractivity contribution >= 4 is 11.8 Å². The Morgan fingerprint density at radius 3 is 2.67 bits per heavy atom. The third kappa shape index (κ3) is 5.28. The summed E-state index contributed by atoms with van der Waals surface area (Å²) in [5.41, 5.74) is 0. The van der Waals surface area contributed by atoms with E-state index in [4.69, 9.17) is 0 Å². The maximum absolute atomic E-state index is 12.3. The average Bonchev–Trinajstić information content (AvgIpc) is 2.46. The average molecular weight is 298 g/mol. The van der Waals surface area contributed by atoms with Gasteiger partial charge >= 0.3 is 0 Å². The number of nitrogens with one attached hydrogen (secondary N) is 3. The fraction of sp³-hybridized carbons (Fsp3) is 0.867. The molecule has 6 nitrogen and oxygen atoms in total. The summed E-state index contributed by atoms with van der Waals surface area (Å²) >= 11 is 0. The van der Waals surface area contributed by atoms with Crippen molar-refractivity contribution in [2.75, 3.05) is 26.2 Å². The quantitative estimate of drug-likeness (QED) is 0.623. The first kappa shape index (κ1) is 17.9. The van der Waals surface area contributed by atoms with Gasteiger partial charge in [-0.05, 0) is 27.2 Å². The van der Waals surface area contributed by atoms with Crippen molar-refractivity contribution in [2.45, 2.75) is 58.7 Å². The lowest BCUT2D eigenvalue weighted by molar-refractivity contribution is -0.133. The summed E-state index contributed by atoms with van der Waals surface area (Å²) < 4.78 is 0. The standard InChI is InChI=1S/C15H30N4O2/c1-5-7-11(3)18-14(20)12(4)19-9-8-16-10-13(19)15(21)17-6-2/h11-13,16H,5-10H2,1-4H3,(H,17,21)(H,18,20). The predicted molar refractivity (Wildman–Crippen MR) is 84.0 cm³/mol. The number of carbonyl (C=O) groups is 2. The van der Waals surface area contributed by atoms with Crippen molar-refractivity contribution < 1.29 is 9.59 Å². The van der Waals surface area contributed by atoms with Gasteiger partial charge < -0.3 is 16.0 Å². The second kappa shape index (κ2) is 9.00. The molecule has 0 aliphatic carbocycles. The monoisotopic (exact) mass is 298 g/mol. The Kier molecular flexibility index (Phi) is 7.67. The summed E-state index contributed by atoms with van der Waals surface area (Å²) in [5, 5.41) is 9.11. The minimum Gasteiger partial charge on any atom is -0.355 e. The highest BCUT2D eigenvalue weighted by Gasteiger charge is 2.34. The number of nitrogens with zero attached hydrogens (tertiary/aromatic N) is 1. The van der Waals surface area contributed by atoms with Gasteiger partial charge in [0.1, 0.15) is 6.04 Å². The van der Waals surface area contributed by atoms with E-state index in [9.17, 15) is 9.59 Å². The molecule has 21 heavy (non-hydrogen) atoms. The minimum absolute atomic E-state index is 0.00662. The molecule has 0 radical (unpaired) electrons. The lowest BCUT2D eigenvalue weighted by Gasteiger charge is -2.38. The van der Waals surface area contributed by atoms with Gasteiger partial charge in [0.15, 0.2) is 0 Å². The first-order valence-electron chi connectivity index (χ1n) is 8.05. The van der Waals surface area contributed by atoms with Crippen molar-refractivity contribution in [3.05, 3.63) is 0 Å². The molecular formula is C15H30N4O2. The zero-order valence-electron chi connectivity index (χ0n) is 13.7. The van der Waals surface area contributed by atoms with Gasteiger partial charge in [-0.1, -0.05) is 13.3 Å². The number of piperazine rings is 1. The van der Waals surface area contributed by atoms with E-state index >= 15 is 0 Å². The third-order valence-electron chi connectivity index (χ3n) is 3.93. The molecule has 0 saturated carbocycles. The molecule has 1 saturated heterocycles. The Morgan fingerprint density at radius 2 is 2.05 bits per heavy atom. The van der Waals surface area contributed by atoms with Crippen molar-refractivity contribution in [3.8, 4) is 0 Å². The Balaban J connectivity index is 2.65. The van der Waals surface area contributed by atoms with Crippen LogP contribution >= 0.6 is 0 Å². The number of amides is 2. The van der Waals surface area contributed by atoms with Crippen molar-refractivity contribution in [1.82, 2.24) is 20.9 Å². The molecule has 3 N–H and O–H groups in total.